The molecule has 0 atom stereocenters. The van der Waals surface area contributed by atoms with Gasteiger partial charge in [-0.15, -0.1) is 0 Å². The first-order chi connectivity index (χ1) is 7.27. The Labute approximate surface area is 86.5 Å². The van der Waals surface area contributed by atoms with E-state index in [-0.39, 0.29) is 5.57 Å². The molecule has 1 aromatic heterocycles. The maximum Gasteiger partial charge on any atom is 0.256 e. The Morgan fingerprint density at radius 2 is 2.33 bits per heavy atom. The van der Waals surface area contributed by atoms with Crippen LogP contribution in [-0.2, 0) is 9.59 Å². The maximum atomic E-state index is 11.2. The number of hydrogen-bond acceptors (Lipinski definition) is 4. The Hall–Kier alpha value is -2.01. The van der Waals surface area contributed by atoms with Gasteiger partial charge in [0.2, 0.25) is 0 Å². The van der Waals surface area contributed by atoms with Crippen LogP contribution >= 0.6 is 0 Å². The van der Waals surface area contributed by atoms with E-state index in [4.69, 9.17) is 5.11 Å². The van der Waals surface area contributed by atoms with E-state index in [2.05, 4.69) is 10.3 Å². The predicted octanol–water partition coefficient (Wildman–Crippen LogP) is -0.270. The third-order valence-corrected chi connectivity index (χ3v) is 1.62. The lowest BCUT2D eigenvalue weighted by Crippen LogP contribution is -2.26. The quantitative estimate of drug-likeness (QED) is 0.234. The Kier molecular flexibility index (Phi) is 4.18. The molecule has 5 heteroatoms. The zero-order valence-corrected chi connectivity index (χ0v) is 7.88. The molecule has 0 saturated heterocycles. The third-order valence-electron chi connectivity index (χ3n) is 1.62. The SMILES string of the molecule is O=CC(=Cc1ccccn1)C(=O)NCO. The van der Waals surface area contributed by atoms with E-state index in [1.807, 2.05) is 0 Å². The number of amides is 1. The molecular weight excluding hydrogens is 196 g/mol. The van der Waals surface area contributed by atoms with Crippen molar-refractivity contribution in [3.05, 3.63) is 35.7 Å². The number of carbonyl (C=O) groups is 2. The number of aliphatic hydroxyl groups is 1. The van der Waals surface area contributed by atoms with Crippen LogP contribution in [0.25, 0.3) is 6.08 Å². The molecule has 1 amide bonds. The second kappa shape index (κ2) is 5.66. The number of rotatable bonds is 4. The Morgan fingerprint density at radius 3 is 2.87 bits per heavy atom. The second-order valence-corrected chi connectivity index (χ2v) is 2.64. The molecule has 0 bridgehead atoms. The van der Waals surface area contributed by atoms with Crippen molar-refractivity contribution in [3.63, 3.8) is 0 Å². The molecule has 1 aromatic rings. The predicted molar refractivity (Wildman–Crippen MR) is 53.5 cm³/mol. The standard InChI is InChI=1S/C10H10N2O3/c13-6-8(10(15)12-7-14)5-9-3-1-2-4-11-9/h1-6,14H,7H2,(H,12,15). The molecule has 0 aliphatic carbocycles. The summed E-state index contributed by atoms with van der Waals surface area (Å²) in [6.45, 7) is -0.508. The average Bonchev–Trinajstić information content (AvgIpc) is 2.27. The van der Waals surface area contributed by atoms with Crippen molar-refractivity contribution in [2.75, 3.05) is 6.73 Å². The molecule has 2 N–H and O–H groups in total. The topological polar surface area (TPSA) is 79.3 Å². The molecule has 0 saturated carbocycles. The molecule has 5 nitrogen and oxygen atoms in total. The van der Waals surface area contributed by atoms with Crippen molar-refractivity contribution in [1.29, 1.82) is 0 Å². The lowest BCUT2D eigenvalue weighted by molar-refractivity contribution is -0.120. The van der Waals surface area contributed by atoms with Crippen molar-refractivity contribution >= 4 is 18.3 Å². The molecule has 0 aliphatic rings. The van der Waals surface area contributed by atoms with Crippen molar-refractivity contribution in [3.8, 4) is 0 Å². The molecule has 78 valence electrons. The number of aldehydes is 1. The van der Waals surface area contributed by atoms with Crippen molar-refractivity contribution in [2.45, 2.75) is 0 Å². The van der Waals surface area contributed by atoms with Gasteiger partial charge in [-0.2, -0.15) is 0 Å². The van der Waals surface area contributed by atoms with Crippen molar-refractivity contribution < 1.29 is 14.7 Å². The third kappa shape index (κ3) is 3.32. The molecule has 0 fully saturated rings. The van der Waals surface area contributed by atoms with Crippen LogP contribution in [0.5, 0.6) is 0 Å². The second-order valence-electron chi connectivity index (χ2n) is 2.64. The largest absolute Gasteiger partial charge is 0.376 e. The highest BCUT2D eigenvalue weighted by Crippen LogP contribution is 2.01. The van der Waals surface area contributed by atoms with Gasteiger partial charge < -0.3 is 10.4 Å². The minimum atomic E-state index is -0.627. The van der Waals surface area contributed by atoms with Gasteiger partial charge in [-0.3, -0.25) is 14.6 Å². The van der Waals surface area contributed by atoms with E-state index in [1.54, 1.807) is 24.4 Å². The van der Waals surface area contributed by atoms with Crippen LogP contribution in [0.3, 0.4) is 0 Å². The van der Waals surface area contributed by atoms with Gasteiger partial charge in [0.05, 0.1) is 11.3 Å². The van der Waals surface area contributed by atoms with Gasteiger partial charge in [-0.05, 0) is 18.2 Å². The number of hydrogen-bond donors (Lipinski definition) is 2. The molecule has 1 rings (SSSR count). The van der Waals surface area contributed by atoms with Gasteiger partial charge >= 0.3 is 0 Å². The Morgan fingerprint density at radius 1 is 1.53 bits per heavy atom. The molecule has 0 radical (unpaired) electrons. The zero-order valence-electron chi connectivity index (χ0n) is 7.88. The average molecular weight is 206 g/mol. The smallest absolute Gasteiger partial charge is 0.256 e. The summed E-state index contributed by atoms with van der Waals surface area (Å²) in [5.74, 6) is -0.627. The number of nitrogens with zero attached hydrogens (tertiary/aromatic N) is 1. The summed E-state index contributed by atoms with van der Waals surface area (Å²) in [4.78, 5) is 25.7. The van der Waals surface area contributed by atoms with Gasteiger partial charge in [0, 0.05) is 6.20 Å². The van der Waals surface area contributed by atoms with E-state index in [0.29, 0.717) is 12.0 Å². The van der Waals surface area contributed by atoms with Gasteiger partial charge in [0.15, 0.2) is 6.29 Å². The zero-order chi connectivity index (χ0) is 11.1. The Balaban J connectivity index is 2.87. The van der Waals surface area contributed by atoms with E-state index < -0.39 is 12.6 Å². The first-order valence-electron chi connectivity index (χ1n) is 4.25. The van der Waals surface area contributed by atoms with Crippen LogP contribution in [0.1, 0.15) is 5.69 Å². The summed E-state index contributed by atoms with van der Waals surface area (Å²) in [6, 6.07) is 5.13. The number of nitrogens with one attached hydrogen (secondary N) is 1. The van der Waals surface area contributed by atoms with E-state index in [9.17, 15) is 9.59 Å². The molecule has 1 heterocycles. The van der Waals surface area contributed by atoms with Crippen molar-refractivity contribution in [2.24, 2.45) is 0 Å². The van der Waals surface area contributed by atoms with Crippen LogP contribution < -0.4 is 5.32 Å². The van der Waals surface area contributed by atoms with Gasteiger partial charge in [-0.25, -0.2) is 0 Å². The monoisotopic (exact) mass is 206 g/mol. The normalized spacial score (nSPS) is 10.9. The number of aromatic nitrogens is 1. The summed E-state index contributed by atoms with van der Waals surface area (Å²) < 4.78 is 0. The highest BCUT2D eigenvalue weighted by Gasteiger charge is 2.06. The summed E-state index contributed by atoms with van der Waals surface area (Å²) in [5, 5.41) is 10.6. The molecule has 0 unspecified atom stereocenters. The fourth-order valence-corrected chi connectivity index (χ4v) is 0.948. The highest BCUT2D eigenvalue weighted by atomic mass is 16.3. The van der Waals surface area contributed by atoms with Crippen LogP contribution in [0.2, 0.25) is 0 Å². The Bertz CT molecular complexity index is 374. The molecule has 0 aromatic carbocycles. The van der Waals surface area contributed by atoms with Crippen LogP contribution in [0.15, 0.2) is 30.0 Å². The van der Waals surface area contributed by atoms with Crippen LogP contribution in [0, 0.1) is 0 Å². The fourth-order valence-electron chi connectivity index (χ4n) is 0.948. The lowest BCUT2D eigenvalue weighted by Gasteiger charge is -1.99. The number of aliphatic hydroxyl groups excluding tert-OH is 1. The van der Waals surface area contributed by atoms with E-state index in [0.717, 1.165) is 0 Å². The summed E-state index contributed by atoms with van der Waals surface area (Å²) in [5.41, 5.74) is 0.426. The highest BCUT2D eigenvalue weighted by molar-refractivity contribution is 6.14. The summed E-state index contributed by atoms with van der Waals surface area (Å²) >= 11 is 0. The molecular formula is C10H10N2O3. The first kappa shape index (κ1) is 11.1. The molecule has 15 heavy (non-hydrogen) atoms. The minimum absolute atomic E-state index is 0.0808. The maximum absolute atomic E-state index is 11.2. The number of pyridine rings is 1. The fraction of sp³-hybridized carbons (Fsp3) is 0.100. The summed E-state index contributed by atoms with van der Waals surface area (Å²) in [7, 11) is 0. The van der Waals surface area contributed by atoms with Crippen molar-refractivity contribution in [1.82, 2.24) is 10.3 Å². The summed E-state index contributed by atoms with van der Waals surface area (Å²) in [6.07, 6.45) is 3.32. The van der Waals surface area contributed by atoms with Crippen LogP contribution in [0.4, 0.5) is 0 Å². The van der Waals surface area contributed by atoms with Gasteiger partial charge in [0.25, 0.3) is 5.91 Å². The van der Waals surface area contributed by atoms with E-state index >= 15 is 0 Å². The first-order valence-corrected chi connectivity index (χ1v) is 4.25. The number of carbonyl (C=O) groups excluding carboxylic acids is 2. The molecule has 0 spiro atoms. The van der Waals surface area contributed by atoms with Gasteiger partial charge in [0.1, 0.15) is 6.73 Å². The lowest BCUT2D eigenvalue weighted by atomic mass is 10.2. The molecule has 0 aliphatic heterocycles. The van der Waals surface area contributed by atoms with Gasteiger partial charge in [-0.1, -0.05) is 6.07 Å². The van der Waals surface area contributed by atoms with Crippen LogP contribution in [-0.4, -0.2) is 29.0 Å². The van der Waals surface area contributed by atoms with E-state index in [1.165, 1.54) is 6.08 Å². The minimum Gasteiger partial charge on any atom is -0.376 e.